The predicted octanol–water partition coefficient (Wildman–Crippen LogP) is 0.275. The lowest BCUT2D eigenvalue weighted by Gasteiger charge is -2.23. The Labute approximate surface area is 150 Å². The van der Waals surface area contributed by atoms with Crippen LogP contribution in [0.1, 0.15) is 33.0 Å². The van der Waals surface area contributed by atoms with Crippen LogP contribution in [0.15, 0.2) is 12.4 Å². The maximum atomic E-state index is 14.0. The molecule has 26 heavy (non-hydrogen) atoms. The molecule has 0 aliphatic carbocycles. The number of rotatable bonds is 4. The Bertz CT molecular complexity index is 828. The van der Waals surface area contributed by atoms with Crippen molar-refractivity contribution in [1.29, 1.82) is 0 Å². The van der Waals surface area contributed by atoms with E-state index in [2.05, 4.69) is 15.4 Å². The first-order valence-corrected chi connectivity index (χ1v) is 8.33. The smallest absolute Gasteiger partial charge is 0.275 e. The molecule has 0 radical (unpaired) electrons. The van der Waals surface area contributed by atoms with Gasteiger partial charge < -0.3 is 9.80 Å². The number of halogens is 1. The summed E-state index contributed by atoms with van der Waals surface area (Å²) >= 11 is 0. The molecule has 1 saturated heterocycles. The summed E-state index contributed by atoms with van der Waals surface area (Å²) in [5, 5.41) is 12.0. The SMILES string of the molecule is Cc1nn(C)cc1C(=O)N1C[C@@H](F)C[C@H]1Cn1cc(C(=O)N(C)C)nn1. The van der Waals surface area contributed by atoms with E-state index in [1.54, 1.807) is 38.9 Å². The fourth-order valence-electron chi connectivity index (χ4n) is 3.18. The third-order valence-corrected chi connectivity index (χ3v) is 4.43. The lowest BCUT2D eigenvalue weighted by Crippen LogP contribution is -2.38. The molecule has 0 unspecified atom stereocenters. The summed E-state index contributed by atoms with van der Waals surface area (Å²) < 4.78 is 17.1. The number of carbonyl (C=O) groups is 2. The van der Waals surface area contributed by atoms with Gasteiger partial charge in [-0.1, -0.05) is 5.21 Å². The molecule has 2 aromatic heterocycles. The quantitative estimate of drug-likeness (QED) is 0.778. The average Bonchev–Trinajstić information content (AvgIpc) is 3.25. The number of amides is 2. The van der Waals surface area contributed by atoms with Gasteiger partial charge in [-0.05, 0) is 6.92 Å². The molecule has 3 rings (SSSR count). The van der Waals surface area contributed by atoms with E-state index in [1.807, 2.05) is 0 Å². The van der Waals surface area contributed by atoms with E-state index in [-0.39, 0.29) is 43.1 Å². The summed E-state index contributed by atoms with van der Waals surface area (Å²) in [6, 6.07) is -0.360. The summed E-state index contributed by atoms with van der Waals surface area (Å²) in [5.74, 6) is -0.504. The van der Waals surface area contributed by atoms with Gasteiger partial charge in [0.15, 0.2) is 5.69 Å². The van der Waals surface area contributed by atoms with Crippen LogP contribution >= 0.6 is 0 Å². The van der Waals surface area contributed by atoms with Gasteiger partial charge in [0.2, 0.25) is 0 Å². The van der Waals surface area contributed by atoms with Gasteiger partial charge >= 0.3 is 0 Å². The topological polar surface area (TPSA) is 89.2 Å². The van der Waals surface area contributed by atoms with Crippen molar-refractivity contribution in [1.82, 2.24) is 34.6 Å². The predicted molar refractivity (Wildman–Crippen MR) is 90.3 cm³/mol. The average molecular weight is 363 g/mol. The first kappa shape index (κ1) is 18.0. The van der Waals surface area contributed by atoms with Crippen molar-refractivity contribution in [2.24, 2.45) is 7.05 Å². The summed E-state index contributed by atoms with van der Waals surface area (Å²) in [5.41, 5.74) is 1.29. The van der Waals surface area contributed by atoms with Crippen molar-refractivity contribution in [2.45, 2.75) is 32.1 Å². The van der Waals surface area contributed by atoms with Gasteiger partial charge in [-0.15, -0.1) is 5.10 Å². The second kappa shape index (κ2) is 6.85. The van der Waals surface area contributed by atoms with Crippen LogP contribution in [-0.4, -0.2) is 79.2 Å². The maximum Gasteiger partial charge on any atom is 0.275 e. The summed E-state index contributed by atoms with van der Waals surface area (Å²) in [7, 11) is 4.99. The maximum absolute atomic E-state index is 14.0. The van der Waals surface area contributed by atoms with Gasteiger partial charge in [0.1, 0.15) is 6.17 Å². The molecule has 1 aliphatic rings. The van der Waals surface area contributed by atoms with Crippen LogP contribution in [0, 0.1) is 6.92 Å². The second-order valence-corrected chi connectivity index (χ2v) is 6.77. The molecule has 0 aromatic carbocycles. The summed E-state index contributed by atoms with van der Waals surface area (Å²) in [6.45, 7) is 2.07. The number of aryl methyl sites for hydroxylation is 2. The molecule has 2 aromatic rings. The molecular weight excluding hydrogens is 341 g/mol. The fraction of sp³-hybridized carbons (Fsp3) is 0.562. The Morgan fingerprint density at radius 3 is 2.69 bits per heavy atom. The lowest BCUT2D eigenvalue weighted by atomic mass is 10.2. The van der Waals surface area contributed by atoms with E-state index >= 15 is 0 Å². The third-order valence-electron chi connectivity index (χ3n) is 4.43. The van der Waals surface area contributed by atoms with Gasteiger partial charge in [-0.25, -0.2) is 9.07 Å². The Morgan fingerprint density at radius 2 is 2.08 bits per heavy atom. The Hall–Kier alpha value is -2.78. The van der Waals surface area contributed by atoms with E-state index in [0.717, 1.165) is 0 Å². The van der Waals surface area contributed by atoms with Gasteiger partial charge in [0.25, 0.3) is 11.8 Å². The molecule has 1 aliphatic heterocycles. The molecule has 9 nitrogen and oxygen atoms in total. The molecule has 0 N–H and O–H groups in total. The van der Waals surface area contributed by atoms with E-state index in [9.17, 15) is 14.0 Å². The Kier molecular flexibility index (Phi) is 4.75. The molecule has 0 spiro atoms. The second-order valence-electron chi connectivity index (χ2n) is 6.77. The number of aromatic nitrogens is 5. The van der Waals surface area contributed by atoms with Crippen LogP contribution in [0.5, 0.6) is 0 Å². The van der Waals surface area contributed by atoms with Crippen LogP contribution < -0.4 is 0 Å². The molecule has 140 valence electrons. The van der Waals surface area contributed by atoms with Gasteiger partial charge in [0.05, 0.1) is 36.6 Å². The van der Waals surface area contributed by atoms with Crippen molar-refractivity contribution >= 4 is 11.8 Å². The molecule has 2 amide bonds. The first-order valence-electron chi connectivity index (χ1n) is 8.33. The van der Waals surface area contributed by atoms with Crippen LogP contribution in [0.2, 0.25) is 0 Å². The van der Waals surface area contributed by atoms with Crippen molar-refractivity contribution < 1.29 is 14.0 Å². The normalized spacial score (nSPS) is 19.8. The van der Waals surface area contributed by atoms with E-state index in [0.29, 0.717) is 11.3 Å². The van der Waals surface area contributed by atoms with E-state index in [1.165, 1.54) is 20.7 Å². The van der Waals surface area contributed by atoms with Gasteiger partial charge in [0, 0.05) is 33.8 Å². The highest BCUT2D eigenvalue weighted by atomic mass is 19.1. The Balaban J connectivity index is 1.77. The molecule has 3 heterocycles. The molecule has 10 heteroatoms. The highest BCUT2D eigenvalue weighted by molar-refractivity contribution is 5.95. The summed E-state index contributed by atoms with van der Waals surface area (Å²) in [4.78, 5) is 27.7. The van der Waals surface area contributed by atoms with Gasteiger partial charge in [-0.2, -0.15) is 5.10 Å². The molecule has 0 bridgehead atoms. The number of likely N-dealkylation sites (tertiary alicyclic amines) is 1. The lowest BCUT2D eigenvalue weighted by molar-refractivity contribution is 0.0713. The van der Waals surface area contributed by atoms with E-state index in [4.69, 9.17) is 0 Å². The Morgan fingerprint density at radius 1 is 1.35 bits per heavy atom. The summed E-state index contributed by atoms with van der Waals surface area (Å²) in [6.07, 6.45) is 2.30. The van der Waals surface area contributed by atoms with Crippen molar-refractivity contribution in [3.05, 3.63) is 29.3 Å². The first-order chi connectivity index (χ1) is 12.3. The number of alkyl halides is 1. The number of hydrogen-bond donors (Lipinski definition) is 0. The molecule has 0 saturated carbocycles. The van der Waals surface area contributed by atoms with E-state index < -0.39 is 6.17 Å². The third kappa shape index (κ3) is 3.44. The molecule has 2 atom stereocenters. The fourth-order valence-corrected chi connectivity index (χ4v) is 3.18. The monoisotopic (exact) mass is 363 g/mol. The van der Waals surface area contributed by atoms with Crippen LogP contribution in [0.3, 0.4) is 0 Å². The minimum absolute atomic E-state index is 0.0377. The largest absolute Gasteiger partial charge is 0.343 e. The van der Waals surface area contributed by atoms with Crippen molar-refractivity contribution in [3.63, 3.8) is 0 Å². The van der Waals surface area contributed by atoms with Crippen LogP contribution in [0.4, 0.5) is 4.39 Å². The van der Waals surface area contributed by atoms with Crippen molar-refractivity contribution in [3.8, 4) is 0 Å². The molecule has 1 fully saturated rings. The van der Waals surface area contributed by atoms with Crippen molar-refractivity contribution in [2.75, 3.05) is 20.6 Å². The minimum Gasteiger partial charge on any atom is -0.343 e. The zero-order chi connectivity index (χ0) is 19.0. The highest BCUT2D eigenvalue weighted by Gasteiger charge is 2.37. The van der Waals surface area contributed by atoms with Crippen LogP contribution in [0.25, 0.3) is 0 Å². The minimum atomic E-state index is -1.09. The number of hydrogen-bond acceptors (Lipinski definition) is 5. The van der Waals surface area contributed by atoms with Crippen LogP contribution in [-0.2, 0) is 13.6 Å². The molecular formula is C16H22FN7O2. The standard InChI is InChI=1S/C16H22FN7O2/c1-10-13(8-22(4)19-10)15(25)24-6-11(17)5-12(24)7-23-9-14(18-20-23)16(26)21(2)3/h8-9,11-12H,5-7H2,1-4H3/t11-,12-/m0/s1. The highest BCUT2D eigenvalue weighted by Crippen LogP contribution is 2.24. The number of carbonyl (C=O) groups excluding carboxylic acids is 2. The zero-order valence-corrected chi connectivity index (χ0v) is 15.3. The van der Waals surface area contributed by atoms with Gasteiger partial charge in [-0.3, -0.25) is 14.3 Å². The number of nitrogens with zero attached hydrogens (tertiary/aromatic N) is 7. The zero-order valence-electron chi connectivity index (χ0n) is 15.3.